The summed E-state index contributed by atoms with van der Waals surface area (Å²) in [5.41, 5.74) is 2.46. The second-order valence-corrected chi connectivity index (χ2v) is 12.0. The zero-order chi connectivity index (χ0) is 27.3. The molecule has 2 aliphatic carbocycles. The molecule has 1 aromatic carbocycles. The van der Waals surface area contributed by atoms with Crippen molar-refractivity contribution < 1.29 is 27.5 Å². The van der Waals surface area contributed by atoms with Crippen LogP contribution in [-0.4, -0.2) is 65.8 Å². The van der Waals surface area contributed by atoms with Gasteiger partial charge in [-0.3, -0.25) is 9.52 Å². The molecule has 0 saturated heterocycles. The monoisotopic (exact) mass is 547 g/mol. The topological polar surface area (TPSA) is 133 Å². The van der Waals surface area contributed by atoms with Gasteiger partial charge in [-0.1, -0.05) is 25.0 Å². The molecule has 2 atom stereocenters. The molecule has 0 unspecified atom stereocenters. The van der Waals surface area contributed by atoms with Gasteiger partial charge in [-0.25, -0.2) is 17.9 Å². The van der Waals surface area contributed by atoms with E-state index < -0.39 is 21.8 Å². The number of benzene rings is 1. The van der Waals surface area contributed by atoms with Crippen LogP contribution in [0.25, 0.3) is 5.69 Å². The Balaban J connectivity index is 1.40. The van der Waals surface area contributed by atoms with Gasteiger partial charge in [-0.05, 0) is 68.7 Å². The number of rotatable bonds is 9. The summed E-state index contributed by atoms with van der Waals surface area (Å²) in [6.07, 6.45) is 9.70. The molecule has 1 heterocycles. The molecule has 0 aliphatic heterocycles. The van der Waals surface area contributed by atoms with E-state index in [0.717, 1.165) is 56.0 Å². The number of ether oxygens (including phenoxy) is 2. The Labute approximate surface area is 223 Å². The van der Waals surface area contributed by atoms with E-state index in [4.69, 9.17) is 9.47 Å². The maximum absolute atomic E-state index is 12.5. The van der Waals surface area contributed by atoms with Gasteiger partial charge in [0.1, 0.15) is 18.1 Å². The number of amides is 2. The van der Waals surface area contributed by atoms with Crippen molar-refractivity contribution in [2.45, 2.75) is 83.5 Å². The van der Waals surface area contributed by atoms with Crippen LogP contribution in [0.3, 0.4) is 0 Å². The average molecular weight is 548 g/mol. The predicted molar refractivity (Wildman–Crippen MR) is 140 cm³/mol. The summed E-state index contributed by atoms with van der Waals surface area (Å²) in [4.78, 5) is 26.6. The number of nitrogens with one attached hydrogen (secondary N) is 1. The van der Waals surface area contributed by atoms with Gasteiger partial charge in [0.05, 0.1) is 24.2 Å². The maximum Gasteiger partial charge on any atom is 0.410 e. The van der Waals surface area contributed by atoms with Crippen LogP contribution < -0.4 is 9.46 Å². The number of aryl methyl sites for hydroxylation is 1. The Morgan fingerprint density at radius 3 is 2.63 bits per heavy atom. The fourth-order valence-corrected chi connectivity index (χ4v) is 5.84. The zero-order valence-electron chi connectivity index (χ0n) is 22.3. The standard InChI is InChI=1S/C26H37N5O6S/c1-4-18-14-23(37-22-11-7-8-19(15-22)25(32)28-38(3,34)35)12-13-24(18)31-21(16-27-29-31)17-36-26(33)30(2)20-9-5-6-10-20/h12-14,16,19-20,22H,4-11,15,17H2,1-3H3,(H,28,32)/t19-,22-/m0/s1. The van der Waals surface area contributed by atoms with E-state index in [9.17, 15) is 18.0 Å². The van der Waals surface area contributed by atoms with E-state index in [2.05, 4.69) is 15.0 Å². The first-order chi connectivity index (χ1) is 18.1. The third kappa shape index (κ3) is 7.03. The minimum Gasteiger partial charge on any atom is -0.490 e. The van der Waals surface area contributed by atoms with Crippen LogP contribution in [0.15, 0.2) is 24.4 Å². The number of hydrogen-bond acceptors (Lipinski definition) is 8. The molecule has 208 valence electrons. The lowest BCUT2D eigenvalue weighted by Crippen LogP contribution is -2.39. The first kappa shape index (κ1) is 27.9. The Morgan fingerprint density at radius 1 is 1.16 bits per heavy atom. The second kappa shape index (κ2) is 12.1. The van der Waals surface area contributed by atoms with Gasteiger partial charge in [-0.2, -0.15) is 0 Å². The Kier molecular flexibility index (Phi) is 8.91. The molecular weight excluding hydrogens is 510 g/mol. The lowest BCUT2D eigenvalue weighted by molar-refractivity contribution is -0.125. The molecule has 11 nitrogen and oxygen atoms in total. The summed E-state index contributed by atoms with van der Waals surface area (Å²) in [6.45, 7) is 2.09. The summed E-state index contributed by atoms with van der Waals surface area (Å²) in [5.74, 6) is -0.202. The average Bonchev–Trinajstić information content (AvgIpc) is 3.58. The molecule has 0 bridgehead atoms. The highest BCUT2D eigenvalue weighted by Crippen LogP contribution is 2.30. The fraction of sp³-hybridized carbons (Fsp3) is 0.615. The van der Waals surface area contributed by atoms with Gasteiger partial charge in [-0.15, -0.1) is 5.10 Å². The van der Waals surface area contributed by atoms with Crippen molar-refractivity contribution in [1.82, 2.24) is 24.6 Å². The molecule has 2 aliphatic rings. The van der Waals surface area contributed by atoms with E-state index in [1.807, 2.05) is 25.1 Å². The van der Waals surface area contributed by atoms with Gasteiger partial charge in [0.15, 0.2) is 0 Å². The van der Waals surface area contributed by atoms with E-state index in [-0.39, 0.29) is 24.8 Å². The van der Waals surface area contributed by atoms with Crippen LogP contribution in [0.5, 0.6) is 5.75 Å². The van der Waals surface area contributed by atoms with E-state index in [1.165, 1.54) is 0 Å². The second-order valence-electron chi connectivity index (χ2n) is 10.2. The lowest BCUT2D eigenvalue weighted by atomic mass is 9.87. The first-order valence-electron chi connectivity index (χ1n) is 13.3. The first-order valence-corrected chi connectivity index (χ1v) is 15.1. The van der Waals surface area contributed by atoms with Crippen molar-refractivity contribution in [3.63, 3.8) is 0 Å². The number of sulfonamides is 1. The molecule has 38 heavy (non-hydrogen) atoms. The molecule has 2 fully saturated rings. The maximum atomic E-state index is 12.5. The quantitative estimate of drug-likeness (QED) is 0.505. The van der Waals surface area contributed by atoms with Crippen LogP contribution >= 0.6 is 0 Å². The molecule has 4 rings (SSSR count). The molecule has 0 radical (unpaired) electrons. The molecule has 0 spiro atoms. The van der Waals surface area contributed by atoms with Crippen LogP contribution in [-0.2, 0) is 32.6 Å². The highest BCUT2D eigenvalue weighted by molar-refractivity contribution is 7.89. The minimum atomic E-state index is -3.59. The number of carbonyl (C=O) groups excluding carboxylic acids is 2. The lowest BCUT2D eigenvalue weighted by Gasteiger charge is -2.29. The predicted octanol–water partition coefficient (Wildman–Crippen LogP) is 3.35. The number of hydrogen-bond donors (Lipinski definition) is 1. The van der Waals surface area contributed by atoms with Gasteiger partial charge in [0.2, 0.25) is 15.9 Å². The molecular formula is C26H37N5O6S. The summed E-state index contributed by atoms with van der Waals surface area (Å²) >= 11 is 0. The van der Waals surface area contributed by atoms with Crippen molar-refractivity contribution in [2.24, 2.45) is 5.92 Å². The zero-order valence-corrected chi connectivity index (χ0v) is 23.1. The smallest absolute Gasteiger partial charge is 0.410 e. The number of carbonyl (C=O) groups is 2. The highest BCUT2D eigenvalue weighted by atomic mass is 32.2. The third-order valence-electron chi connectivity index (χ3n) is 7.37. The highest BCUT2D eigenvalue weighted by Gasteiger charge is 2.30. The van der Waals surface area contributed by atoms with Crippen molar-refractivity contribution in [3.05, 3.63) is 35.7 Å². The SMILES string of the molecule is CCc1cc(O[C@H]2CCC[C@H](C(=O)NS(C)(=O)=O)C2)ccc1-n1nncc1COC(=O)N(C)C1CCCC1. The number of nitrogens with zero attached hydrogens (tertiary/aromatic N) is 4. The molecule has 12 heteroatoms. The van der Waals surface area contributed by atoms with Crippen molar-refractivity contribution in [2.75, 3.05) is 13.3 Å². The summed E-state index contributed by atoms with van der Waals surface area (Å²) in [6, 6.07) is 5.93. The van der Waals surface area contributed by atoms with E-state index in [1.54, 1.807) is 22.8 Å². The molecule has 1 N–H and O–H groups in total. The van der Waals surface area contributed by atoms with Gasteiger partial charge < -0.3 is 14.4 Å². The summed E-state index contributed by atoms with van der Waals surface area (Å²) < 4.78 is 38.4. The third-order valence-corrected chi connectivity index (χ3v) is 7.94. The fourth-order valence-electron chi connectivity index (χ4n) is 5.31. The Morgan fingerprint density at radius 2 is 1.92 bits per heavy atom. The molecule has 2 aromatic rings. The van der Waals surface area contributed by atoms with Crippen molar-refractivity contribution >= 4 is 22.0 Å². The molecule has 2 amide bonds. The van der Waals surface area contributed by atoms with Crippen LogP contribution in [0.1, 0.15) is 69.5 Å². The van der Waals surface area contributed by atoms with Crippen LogP contribution in [0.2, 0.25) is 0 Å². The summed E-state index contributed by atoms with van der Waals surface area (Å²) in [5, 5.41) is 8.26. The Hall–Kier alpha value is -3.15. The number of aromatic nitrogens is 3. The molecule has 1 aromatic heterocycles. The minimum absolute atomic E-state index is 0.0588. The Bertz CT molecular complexity index is 1240. The van der Waals surface area contributed by atoms with Crippen molar-refractivity contribution in [3.8, 4) is 11.4 Å². The van der Waals surface area contributed by atoms with Gasteiger partial charge >= 0.3 is 6.09 Å². The van der Waals surface area contributed by atoms with Crippen LogP contribution in [0.4, 0.5) is 4.79 Å². The van der Waals surface area contributed by atoms with Gasteiger partial charge in [0.25, 0.3) is 0 Å². The van der Waals surface area contributed by atoms with Crippen molar-refractivity contribution in [1.29, 1.82) is 0 Å². The van der Waals surface area contributed by atoms with Crippen LogP contribution in [0, 0.1) is 5.92 Å². The van der Waals surface area contributed by atoms with Gasteiger partial charge in [0, 0.05) is 19.0 Å². The largest absolute Gasteiger partial charge is 0.490 e. The van der Waals surface area contributed by atoms with E-state index in [0.29, 0.717) is 30.7 Å². The van der Waals surface area contributed by atoms with E-state index >= 15 is 0 Å². The summed E-state index contributed by atoms with van der Waals surface area (Å²) in [7, 11) is -1.80. The normalized spacial score (nSPS) is 20.2. The molecule has 2 saturated carbocycles.